The zero-order chi connectivity index (χ0) is 34.6. The van der Waals surface area contributed by atoms with E-state index in [-0.39, 0.29) is 37.8 Å². The highest BCUT2D eigenvalue weighted by atomic mass is 16.5. The number of aliphatic hydroxyl groups is 1. The lowest BCUT2D eigenvalue weighted by Gasteiger charge is -2.24. The van der Waals surface area contributed by atoms with Crippen molar-refractivity contribution in [2.24, 2.45) is 5.92 Å². The molecule has 7 rings (SSSR count). The van der Waals surface area contributed by atoms with Crippen LogP contribution < -0.4 is 16.8 Å². The summed E-state index contributed by atoms with van der Waals surface area (Å²) < 4.78 is 15.9. The molecule has 14 heteroatoms. The number of aromatic nitrogens is 6. The number of nitrogens with one attached hydrogen (secondary N) is 1. The number of carbonyl (C=O) groups is 2. The molecule has 0 bridgehead atoms. The molecule has 1 fully saturated rings. The molecule has 0 spiro atoms. The molecular formula is C35H34N6O8. The quantitative estimate of drug-likeness (QED) is 0.218. The van der Waals surface area contributed by atoms with Crippen LogP contribution in [0.25, 0.3) is 22.0 Å². The topological polar surface area (TPSA) is 180 Å². The van der Waals surface area contributed by atoms with Gasteiger partial charge in [-0.1, -0.05) is 61.5 Å². The van der Waals surface area contributed by atoms with Gasteiger partial charge >= 0.3 is 11.7 Å². The van der Waals surface area contributed by atoms with Gasteiger partial charge in [-0.25, -0.2) is 14.3 Å². The predicted octanol–water partition coefficient (Wildman–Crippen LogP) is 2.81. The van der Waals surface area contributed by atoms with Crippen molar-refractivity contribution in [2.45, 2.75) is 64.6 Å². The molecule has 1 saturated heterocycles. The van der Waals surface area contributed by atoms with Gasteiger partial charge in [0.05, 0.1) is 30.1 Å². The van der Waals surface area contributed by atoms with Crippen molar-refractivity contribution in [1.29, 1.82) is 0 Å². The normalized spacial score (nSPS) is 19.0. The van der Waals surface area contributed by atoms with E-state index in [0.29, 0.717) is 44.4 Å². The zero-order valence-electron chi connectivity index (χ0n) is 27.0. The van der Waals surface area contributed by atoms with Crippen LogP contribution in [0.1, 0.15) is 72.2 Å². The lowest BCUT2D eigenvalue weighted by atomic mass is 9.99. The molecule has 0 saturated carbocycles. The SMILES string of the molecule is Cc1cn([C@H]2C[C@H](n3cc(COC(=O)[C@H](CC(C)C)n4c5c(c6ccccc6c4=O)C(=O)c4ccccc4-5)nn3)[C@@H](CO)O2)c(=O)[nH]c1=O. The number of hydrogen-bond donors (Lipinski definition) is 2. The summed E-state index contributed by atoms with van der Waals surface area (Å²) in [6.45, 7) is 4.83. The van der Waals surface area contributed by atoms with Crippen molar-refractivity contribution in [3.8, 4) is 11.3 Å². The highest BCUT2D eigenvalue weighted by Gasteiger charge is 2.39. The van der Waals surface area contributed by atoms with Gasteiger partial charge < -0.3 is 14.6 Å². The van der Waals surface area contributed by atoms with Gasteiger partial charge in [0.1, 0.15) is 30.7 Å². The van der Waals surface area contributed by atoms with E-state index < -0.39 is 47.2 Å². The lowest BCUT2D eigenvalue weighted by Crippen LogP contribution is -2.34. The Hall–Kier alpha value is -5.47. The molecule has 0 radical (unpaired) electrons. The Balaban J connectivity index is 1.17. The number of pyridine rings is 1. The Morgan fingerprint density at radius 3 is 2.49 bits per heavy atom. The fraction of sp³-hybridized carbons (Fsp3) is 0.343. The first-order valence-electron chi connectivity index (χ1n) is 16.0. The molecule has 252 valence electrons. The number of esters is 1. The second-order valence-electron chi connectivity index (χ2n) is 12.9. The van der Waals surface area contributed by atoms with E-state index in [1.807, 2.05) is 13.8 Å². The molecular weight excluding hydrogens is 632 g/mol. The highest BCUT2D eigenvalue weighted by molar-refractivity contribution is 6.26. The number of nitrogens with zero attached hydrogens (tertiary/aromatic N) is 5. The summed E-state index contributed by atoms with van der Waals surface area (Å²) in [6.07, 6.45) is 1.99. The number of aryl methyl sites for hydroxylation is 1. The van der Waals surface area contributed by atoms with E-state index in [9.17, 15) is 29.1 Å². The summed E-state index contributed by atoms with van der Waals surface area (Å²) in [5, 5.41) is 19.3. The number of hydrogen-bond acceptors (Lipinski definition) is 10. The average molecular weight is 667 g/mol. The summed E-state index contributed by atoms with van der Waals surface area (Å²) in [4.78, 5) is 68.3. The Bertz CT molecular complexity index is 2300. The van der Waals surface area contributed by atoms with E-state index in [2.05, 4.69) is 15.3 Å². The number of aromatic amines is 1. The molecule has 49 heavy (non-hydrogen) atoms. The molecule has 0 amide bonds. The van der Waals surface area contributed by atoms with Crippen LogP contribution in [0.4, 0.5) is 0 Å². The zero-order valence-corrected chi connectivity index (χ0v) is 27.0. The molecule has 0 unspecified atom stereocenters. The number of rotatable bonds is 9. The van der Waals surface area contributed by atoms with E-state index in [4.69, 9.17) is 9.47 Å². The molecule has 5 aromatic rings. The van der Waals surface area contributed by atoms with Gasteiger partial charge in [0.25, 0.3) is 11.1 Å². The monoisotopic (exact) mass is 666 g/mol. The van der Waals surface area contributed by atoms with E-state index >= 15 is 0 Å². The molecule has 4 atom stereocenters. The van der Waals surface area contributed by atoms with Gasteiger partial charge in [-0.15, -0.1) is 5.10 Å². The largest absolute Gasteiger partial charge is 0.457 e. The van der Waals surface area contributed by atoms with Gasteiger partial charge in [-0.3, -0.25) is 28.5 Å². The number of benzene rings is 2. The third-order valence-corrected chi connectivity index (χ3v) is 9.16. The van der Waals surface area contributed by atoms with E-state index in [0.717, 1.165) is 0 Å². The molecule has 4 heterocycles. The van der Waals surface area contributed by atoms with Crippen molar-refractivity contribution >= 4 is 22.5 Å². The Labute approximate surface area is 278 Å². The molecule has 1 aliphatic carbocycles. The van der Waals surface area contributed by atoms with E-state index in [1.165, 1.54) is 20.0 Å². The number of H-pyrrole nitrogens is 1. The predicted molar refractivity (Wildman–Crippen MR) is 176 cm³/mol. The van der Waals surface area contributed by atoms with Crippen LogP contribution in [0.5, 0.6) is 0 Å². The fourth-order valence-corrected chi connectivity index (χ4v) is 6.85. The Morgan fingerprint density at radius 2 is 1.76 bits per heavy atom. The van der Waals surface area contributed by atoms with Crippen molar-refractivity contribution in [1.82, 2.24) is 29.1 Å². The van der Waals surface area contributed by atoms with Crippen LogP contribution in [0.2, 0.25) is 0 Å². The number of ether oxygens (including phenoxy) is 2. The van der Waals surface area contributed by atoms with Crippen LogP contribution in [0.3, 0.4) is 0 Å². The molecule has 1 aliphatic heterocycles. The van der Waals surface area contributed by atoms with Gasteiger partial charge in [-0.05, 0) is 25.3 Å². The van der Waals surface area contributed by atoms with Crippen LogP contribution in [-0.2, 0) is 20.9 Å². The Kier molecular flexibility index (Phi) is 8.20. The minimum Gasteiger partial charge on any atom is -0.457 e. The van der Waals surface area contributed by atoms with Crippen LogP contribution in [0.15, 0.2) is 75.3 Å². The number of ketones is 1. The molecule has 2 N–H and O–H groups in total. The second kappa shape index (κ2) is 12.5. The summed E-state index contributed by atoms with van der Waals surface area (Å²) >= 11 is 0. The van der Waals surface area contributed by atoms with Crippen molar-refractivity contribution < 1.29 is 24.2 Å². The van der Waals surface area contributed by atoms with E-state index in [1.54, 1.807) is 61.7 Å². The first-order chi connectivity index (χ1) is 23.6. The van der Waals surface area contributed by atoms with Crippen molar-refractivity contribution in [3.63, 3.8) is 0 Å². The first kappa shape index (κ1) is 32.1. The average Bonchev–Trinajstić information content (AvgIpc) is 3.81. The maximum absolute atomic E-state index is 14.1. The second-order valence-corrected chi connectivity index (χ2v) is 12.9. The molecule has 3 aromatic heterocycles. The third-order valence-electron chi connectivity index (χ3n) is 9.16. The number of fused-ring (bicyclic) bond motifs is 5. The van der Waals surface area contributed by atoms with Gasteiger partial charge in [0, 0.05) is 40.1 Å². The lowest BCUT2D eigenvalue weighted by molar-refractivity contribution is -0.149. The van der Waals surface area contributed by atoms with Crippen molar-refractivity contribution in [2.75, 3.05) is 6.61 Å². The van der Waals surface area contributed by atoms with Gasteiger partial charge in [-0.2, -0.15) is 0 Å². The minimum atomic E-state index is -1.04. The summed E-state index contributed by atoms with van der Waals surface area (Å²) in [5.41, 5.74) is 0.967. The van der Waals surface area contributed by atoms with Crippen molar-refractivity contribution in [3.05, 3.63) is 115 Å². The standard InChI is InChI=1S/C35H34N6O8/c1-18(2)12-26(41-30-22-9-5-6-10-23(22)31(43)29(30)21-8-4-7-11-24(21)33(41)45)34(46)48-17-20-15-40(38-37-20)25-13-28(49-27(25)16-42)39-14-19(3)32(44)36-35(39)47/h4-11,14-15,18,25-28,42H,12-13,16-17H2,1-3H3,(H,36,44,47)/t25-,26-,27+,28+/m0/s1. The van der Waals surface area contributed by atoms with Gasteiger partial charge in [0.15, 0.2) is 5.78 Å². The fourth-order valence-electron chi connectivity index (χ4n) is 6.85. The maximum Gasteiger partial charge on any atom is 0.330 e. The summed E-state index contributed by atoms with van der Waals surface area (Å²) in [6, 6.07) is 12.4. The first-order valence-corrected chi connectivity index (χ1v) is 16.0. The van der Waals surface area contributed by atoms with Crippen LogP contribution in [-0.4, -0.2) is 58.7 Å². The number of carbonyl (C=O) groups excluding carboxylic acids is 2. The molecule has 14 nitrogen and oxygen atoms in total. The van der Waals surface area contributed by atoms with Crippen LogP contribution in [0, 0.1) is 12.8 Å². The molecule has 2 aliphatic rings. The molecule has 2 aromatic carbocycles. The van der Waals surface area contributed by atoms with Gasteiger partial charge in [0.2, 0.25) is 0 Å². The Morgan fingerprint density at radius 1 is 1.04 bits per heavy atom. The highest BCUT2D eigenvalue weighted by Crippen LogP contribution is 2.41. The third kappa shape index (κ3) is 5.52. The smallest absolute Gasteiger partial charge is 0.330 e. The minimum absolute atomic E-state index is 0.00994. The summed E-state index contributed by atoms with van der Waals surface area (Å²) in [7, 11) is 0. The summed E-state index contributed by atoms with van der Waals surface area (Å²) in [5.74, 6) is -0.877. The number of aliphatic hydroxyl groups excluding tert-OH is 1. The maximum atomic E-state index is 14.1. The van der Waals surface area contributed by atoms with Crippen LogP contribution >= 0.6 is 0 Å².